The van der Waals surface area contributed by atoms with Crippen molar-refractivity contribution in [3.05, 3.63) is 24.3 Å². The molecule has 0 amide bonds. The number of aliphatic carboxylic acids is 1. The van der Waals surface area contributed by atoms with Gasteiger partial charge in [-0.15, -0.1) is 0 Å². The standard InChI is InChI=1S/C12H17NO3/c1-8(2)16-11-6-4-5-10(7-11)13-9(3)12(14)15/h4-9,13H,1-3H3,(H,14,15). The number of carbonyl (C=O) groups is 1. The number of carboxylic acid groups (broad SMARTS) is 1. The van der Waals surface area contributed by atoms with E-state index >= 15 is 0 Å². The fourth-order valence-electron chi connectivity index (χ4n) is 1.24. The van der Waals surface area contributed by atoms with Gasteiger partial charge in [-0.3, -0.25) is 4.79 Å². The fourth-order valence-corrected chi connectivity index (χ4v) is 1.24. The molecular formula is C12H17NO3. The van der Waals surface area contributed by atoms with Crippen LogP contribution in [0.1, 0.15) is 20.8 Å². The Bertz CT molecular complexity index is 363. The van der Waals surface area contributed by atoms with Crippen LogP contribution in [0.25, 0.3) is 0 Å². The van der Waals surface area contributed by atoms with Crippen LogP contribution in [0.5, 0.6) is 5.75 Å². The van der Waals surface area contributed by atoms with E-state index in [4.69, 9.17) is 9.84 Å². The first kappa shape index (κ1) is 12.4. The summed E-state index contributed by atoms with van der Waals surface area (Å²) in [5.41, 5.74) is 0.744. The van der Waals surface area contributed by atoms with E-state index in [0.29, 0.717) is 0 Å². The summed E-state index contributed by atoms with van der Waals surface area (Å²) in [7, 11) is 0. The zero-order valence-corrected chi connectivity index (χ0v) is 9.73. The largest absolute Gasteiger partial charge is 0.491 e. The smallest absolute Gasteiger partial charge is 0.325 e. The van der Waals surface area contributed by atoms with Crippen LogP contribution in [0.3, 0.4) is 0 Å². The van der Waals surface area contributed by atoms with Crippen molar-refractivity contribution in [3.8, 4) is 5.75 Å². The Morgan fingerprint density at radius 2 is 2.06 bits per heavy atom. The third-order valence-electron chi connectivity index (χ3n) is 1.96. The van der Waals surface area contributed by atoms with Crippen LogP contribution < -0.4 is 10.1 Å². The van der Waals surface area contributed by atoms with Crippen LogP contribution in [0.2, 0.25) is 0 Å². The third kappa shape index (κ3) is 3.81. The number of hydrogen-bond donors (Lipinski definition) is 2. The summed E-state index contributed by atoms with van der Waals surface area (Å²) in [5.74, 6) is -0.146. The van der Waals surface area contributed by atoms with Gasteiger partial charge in [-0.05, 0) is 32.9 Å². The molecule has 1 aromatic rings. The van der Waals surface area contributed by atoms with Crippen LogP contribution in [-0.2, 0) is 4.79 Å². The molecule has 0 saturated carbocycles. The van der Waals surface area contributed by atoms with E-state index in [1.165, 1.54) is 0 Å². The van der Waals surface area contributed by atoms with Crippen LogP contribution >= 0.6 is 0 Å². The van der Waals surface area contributed by atoms with E-state index in [9.17, 15) is 4.79 Å². The molecule has 1 aromatic carbocycles. The molecule has 0 fully saturated rings. The molecule has 4 nitrogen and oxygen atoms in total. The predicted molar refractivity (Wildman–Crippen MR) is 62.9 cm³/mol. The molecule has 1 atom stereocenters. The summed E-state index contributed by atoms with van der Waals surface area (Å²) < 4.78 is 5.51. The van der Waals surface area contributed by atoms with Gasteiger partial charge in [0.05, 0.1) is 6.10 Å². The van der Waals surface area contributed by atoms with Crippen LogP contribution in [0, 0.1) is 0 Å². The SMILES string of the molecule is CC(C)Oc1cccc(NC(C)C(=O)O)c1. The van der Waals surface area contributed by atoms with Crippen molar-refractivity contribution in [2.24, 2.45) is 0 Å². The Morgan fingerprint density at radius 1 is 1.38 bits per heavy atom. The van der Waals surface area contributed by atoms with Gasteiger partial charge in [0.15, 0.2) is 0 Å². The maximum absolute atomic E-state index is 10.7. The van der Waals surface area contributed by atoms with Crippen molar-refractivity contribution in [2.75, 3.05) is 5.32 Å². The van der Waals surface area contributed by atoms with Gasteiger partial charge < -0.3 is 15.2 Å². The highest BCUT2D eigenvalue weighted by Crippen LogP contribution is 2.19. The molecule has 0 aromatic heterocycles. The fraction of sp³-hybridized carbons (Fsp3) is 0.417. The lowest BCUT2D eigenvalue weighted by molar-refractivity contribution is -0.137. The van der Waals surface area contributed by atoms with Crippen molar-refractivity contribution in [2.45, 2.75) is 32.9 Å². The zero-order chi connectivity index (χ0) is 12.1. The average molecular weight is 223 g/mol. The summed E-state index contributed by atoms with van der Waals surface area (Å²) in [5, 5.41) is 11.6. The van der Waals surface area contributed by atoms with Gasteiger partial charge >= 0.3 is 5.97 Å². The number of anilines is 1. The maximum atomic E-state index is 10.7. The number of benzene rings is 1. The highest BCUT2D eigenvalue weighted by molar-refractivity contribution is 5.76. The molecule has 0 aliphatic carbocycles. The molecule has 0 spiro atoms. The van der Waals surface area contributed by atoms with Crippen LogP contribution in [0.15, 0.2) is 24.3 Å². The minimum Gasteiger partial charge on any atom is -0.491 e. The summed E-state index contributed by atoms with van der Waals surface area (Å²) in [6.07, 6.45) is 0.104. The lowest BCUT2D eigenvalue weighted by Gasteiger charge is -2.13. The molecule has 0 heterocycles. The van der Waals surface area contributed by atoms with E-state index in [-0.39, 0.29) is 6.10 Å². The summed E-state index contributed by atoms with van der Waals surface area (Å²) in [4.78, 5) is 10.7. The summed E-state index contributed by atoms with van der Waals surface area (Å²) in [6.45, 7) is 5.48. The van der Waals surface area contributed by atoms with Crippen LogP contribution in [-0.4, -0.2) is 23.2 Å². The van der Waals surface area contributed by atoms with E-state index in [1.54, 1.807) is 13.0 Å². The van der Waals surface area contributed by atoms with Gasteiger partial charge in [0.1, 0.15) is 11.8 Å². The number of ether oxygens (including phenoxy) is 1. The number of rotatable bonds is 5. The molecule has 0 saturated heterocycles. The molecule has 0 aliphatic heterocycles. The normalized spacial score (nSPS) is 12.2. The molecule has 0 aliphatic rings. The second-order valence-electron chi connectivity index (χ2n) is 3.90. The Morgan fingerprint density at radius 3 is 2.62 bits per heavy atom. The Balaban J connectivity index is 2.70. The highest BCUT2D eigenvalue weighted by Gasteiger charge is 2.10. The summed E-state index contributed by atoms with van der Waals surface area (Å²) >= 11 is 0. The van der Waals surface area contributed by atoms with Crippen molar-refractivity contribution < 1.29 is 14.6 Å². The highest BCUT2D eigenvalue weighted by atomic mass is 16.5. The molecule has 16 heavy (non-hydrogen) atoms. The van der Waals surface area contributed by atoms with Gasteiger partial charge in [0.25, 0.3) is 0 Å². The Kier molecular flexibility index (Phi) is 4.17. The van der Waals surface area contributed by atoms with E-state index in [2.05, 4.69) is 5.32 Å². The van der Waals surface area contributed by atoms with Gasteiger partial charge in [0.2, 0.25) is 0 Å². The van der Waals surface area contributed by atoms with Crippen molar-refractivity contribution in [1.29, 1.82) is 0 Å². The molecule has 2 N–H and O–H groups in total. The van der Waals surface area contributed by atoms with Gasteiger partial charge in [-0.25, -0.2) is 0 Å². The Hall–Kier alpha value is -1.71. The molecule has 0 radical (unpaired) electrons. The molecule has 1 rings (SSSR count). The first-order valence-electron chi connectivity index (χ1n) is 5.25. The first-order valence-corrected chi connectivity index (χ1v) is 5.25. The third-order valence-corrected chi connectivity index (χ3v) is 1.96. The van der Waals surface area contributed by atoms with Gasteiger partial charge in [0, 0.05) is 11.8 Å². The topological polar surface area (TPSA) is 58.6 Å². The Labute approximate surface area is 95.2 Å². The van der Waals surface area contributed by atoms with E-state index < -0.39 is 12.0 Å². The van der Waals surface area contributed by atoms with Crippen LogP contribution in [0.4, 0.5) is 5.69 Å². The molecule has 0 bridgehead atoms. The molecule has 4 heteroatoms. The summed E-state index contributed by atoms with van der Waals surface area (Å²) in [6, 6.07) is 6.66. The minimum atomic E-state index is -0.879. The lowest BCUT2D eigenvalue weighted by Crippen LogP contribution is -2.25. The maximum Gasteiger partial charge on any atom is 0.325 e. The first-order chi connectivity index (χ1) is 7.49. The quantitative estimate of drug-likeness (QED) is 0.804. The number of carboxylic acids is 1. The van der Waals surface area contributed by atoms with Crippen molar-refractivity contribution >= 4 is 11.7 Å². The predicted octanol–water partition coefficient (Wildman–Crippen LogP) is 2.36. The molecular weight excluding hydrogens is 206 g/mol. The average Bonchev–Trinajstić information content (AvgIpc) is 2.16. The van der Waals surface area contributed by atoms with E-state index in [1.807, 2.05) is 32.0 Å². The second kappa shape index (κ2) is 5.39. The monoisotopic (exact) mass is 223 g/mol. The minimum absolute atomic E-state index is 0.104. The second-order valence-corrected chi connectivity index (χ2v) is 3.90. The lowest BCUT2D eigenvalue weighted by atomic mass is 10.2. The number of nitrogens with one attached hydrogen (secondary N) is 1. The van der Waals surface area contributed by atoms with E-state index in [0.717, 1.165) is 11.4 Å². The van der Waals surface area contributed by atoms with Crippen molar-refractivity contribution in [1.82, 2.24) is 0 Å². The van der Waals surface area contributed by atoms with Gasteiger partial charge in [-0.2, -0.15) is 0 Å². The van der Waals surface area contributed by atoms with Gasteiger partial charge in [-0.1, -0.05) is 6.07 Å². The number of hydrogen-bond acceptors (Lipinski definition) is 3. The van der Waals surface area contributed by atoms with Crippen molar-refractivity contribution in [3.63, 3.8) is 0 Å². The molecule has 1 unspecified atom stereocenters. The molecule has 88 valence electrons. The zero-order valence-electron chi connectivity index (χ0n) is 9.73.